The molecule has 0 bridgehead atoms. The molecule has 3 aromatic rings. The van der Waals surface area contributed by atoms with Gasteiger partial charge in [0.25, 0.3) is 0 Å². The Bertz CT molecular complexity index is 1120. The number of phenolic OH excluding ortho intramolecular Hbond substituents is 3. The Hall–Kier alpha value is -2.85. The SMILES string of the molecule is O=c1c2cc(O)c(O)cc2oc2cc(O)c(C3OC(CO)CC(O)C3O)cc12. The molecule has 0 saturated carbocycles. The van der Waals surface area contributed by atoms with E-state index >= 15 is 0 Å². The van der Waals surface area contributed by atoms with Crippen molar-refractivity contribution in [3.8, 4) is 17.2 Å². The third-order valence-electron chi connectivity index (χ3n) is 4.97. The van der Waals surface area contributed by atoms with E-state index in [9.17, 15) is 35.4 Å². The van der Waals surface area contributed by atoms with E-state index in [0.717, 1.165) is 12.1 Å². The molecule has 148 valence electrons. The lowest BCUT2D eigenvalue weighted by molar-refractivity contribution is -0.180. The van der Waals surface area contributed by atoms with Gasteiger partial charge in [-0.1, -0.05) is 0 Å². The topological polar surface area (TPSA) is 161 Å². The van der Waals surface area contributed by atoms with Gasteiger partial charge >= 0.3 is 0 Å². The van der Waals surface area contributed by atoms with Crippen LogP contribution in [0.25, 0.3) is 21.9 Å². The fourth-order valence-corrected chi connectivity index (χ4v) is 3.49. The summed E-state index contributed by atoms with van der Waals surface area (Å²) in [5.74, 6) is -1.29. The first-order valence-corrected chi connectivity index (χ1v) is 8.58. The number of phenols is 3. The predicted molar refractivity (Wildman–Crippen MR) is 96.3 cm³/mol. The van der Waals surface area contributed by atoms with Gasteiger partial charge in [0.05, 0.1) is 29.6 Å². The lowest BCUT2D eigenvalue weighted by Crippen LogP contribution is -2.44. The average molecular weight is 390 g/mol. The second kappa shape index (κ2) is 6.64. The lowest BCUT2D eigenvalue weighted by Gasteiger charge is -2.37. The molecule has 9 heteroatoms. The third-order valence-corrected chi connectivity index (χ3v) is 4.97. The average Bonchev–Trinajstić information content (AvgIpc) is 2.66. The van der Waals surface area contributed by atoms with Crippen molar-refractivity contribution in [3.63, 3.8) is 0 Å². The minimum atomic E-state index is -1.38. The molecule has 4 rings (SSSR count). The first-order valence-electron chi connectivity index (χ1n) is 8.58. The molecule has 1 aliphatic heterocycles. The van der Waals surface area contributed by atoms with Gasteiger partial charge in [0.2, 0.25) is 5.43 Å². The van der Waals surface area contributed by atoms with E-state index in [1.165, 1.54) is 12.1 Å². The van der Waals surface area contributed by atoms with E-state index < -0.39 is 41.3 Å². The van der Waals surface area contributed by atoms with Gasteiger partial charge in [0.1, 0.15) is 29.1 Å². The van der Waals surface area contributed by atoms with Crippen molar-refractivity contribution < 1.29 is 39.8 Å². The molecule has 0 spiro atoms. The molecule has 0 radical (unpaired) electrons. The third kappa shape index (κ3) is 2.85. The molecule has 2 aromatic carbocycles. The highest BCUT2D eigenvalue weighted by Gasteiger charge is 2.38. The first kappa shape index (κ1) is 18.5. The summed E-state index contributed by atoms with van der Waals surface area (Å²) in [4.78, 5) is 12.8. The van der Waals surface area contributed by atoms with Crippen LogP contribution in [0.1, 0.15) is 18.1 Å². The van der Waals surface area contributed by atoms with Gasteiger partial charge in [-0.15, -0.1) is 0 Å². The molecule has 1 aromatic heterocycles. The zero-order valence-corrected chi connectivity index (χ0v) is 14.4. The zero-order valence-electron chi connectivity index (χ0n) is 14.4. The van der Waals surface area contributed by atoms with Gasteiger partial charge < -0.3 is 39.8 Å². The standard InChI is InChI=1S/C19H18O9/c20-6-7-1-14(24)18(26)19(27-7)8-2-9-15(4-11(8)21)28-16-5-13(23)12(22)3-10(16)17(9)25/h2-5,7,14,18-24,26H,1,6H2. The van der Waals surface area contributed by atoms with E-state index in [4.69, 9.17) is 9.15 Å². The fourth-order valence-electron chi connectivity index (χ4n) is 3.49. The molecular weight excluding hydrogens is 372 g/mol. The fraction of sp³-hybridized carbons (Fsp3) is 0.316. The van der Waals surface area contributed by atoms with Crippen LogP contribution in [-0.4, -0.2) is 55.6 Å². The molecule has 0 amide bonds. The summed E-state index contributed by atoms with van der Waals surface area (Å²) in [6, 6.07) is 4.60. The number of hydrogen-bond donors (Lipinski definition) is 6. The largest absolute Gasteiger partial charge is 0.507 e. The van der Waals surface area contributed by atoms with Gasteiger partial charge in [-0.2, -0.15) is 0 Å². The highest BCUT2D eigenvalue weighted by Crippen LogP contribution is 2.39. The van der Waals surface area contributed by atoms with Crippen LogP contribution in [0.3, 0.4) is 0 Å². The molecule has 4 atom stereocenters. The van der Waals surface area contributed by atoms with E-state index in [0.29, 0.717) is 0 Å². The smallest absolute Gasteiger partial charge is 0.200 e. The van der Waals surface area contributed by atoms with E-state index in [2.05, 4.69) is 0 Å². The number of benzene rings is 2. The van der Waals surface area contributed by atoms with Crippen molar-refractivity contribution >= 4 is 21.9 Å². The molecule has 28 heavy (non-hydrogen) atoms. The van der Waals surface area contributed by atoms with E-state index in [-0.39, 0.29) is 46.3 Å². The molecule has 1 aliphatic rings. The maximum Gasteiger partial charge on any atom is 0.200 e. The van der Waals surface area contributed by atoms with Crippen LogP contribution in [0, 0.1) is 0 Å². The van der Waals surface area contributed by atoms with Gasteiger partial charge in [0, 0.05) is 24.1 Å². The molecule has 6 N–H and O–H groups in total. The van der Waals surface area contributed by atoms with Crippen LogP contribution >= 0.6 is 0 Å². The number of ether oxygens (including phenoxy) is 1. The lowest BCUT2D eigenvalue weighted by atomic mass is 9.92. The van der Waals surface area contributed by atoms with Crippen molar-refractivity contribution in [1.82, 2.24) is 0 Å². The van der Waals surface area contributed by atoms with Gasteiger partial charge in [-0.3, -0.25) is 4.79 Å². The molecule has 1 saturated heterocycles. The maximum absolute atomic E-state index is 12.8. The minimum Gasteiger partial charge on any atom is -0.507 e. The highest BCUT2D eigenvalue weighted by molar-refractivity contribution is 5.92. The Balaban J connectivity index is 1.92. The Morgan fingerprint density at radius 3 is 2.21 bits per heavy atom. The van der Waals surface area contributed by atoms with Crippen LogP contribution < -0.4 is 5.43 Å². The maximum atomic E-state index is 12.8. The molecule has 2 heterocycles. The summed E-state index contributed by atoms with van der Waals surface area (Å²) in [5, 5.41) is 59.3. The number of aromatic hydroxyl groups is 3. The summed E-state index contributed by atoms with van der Waals surface area (Å²) in [5.41, 5.74) is -0.442. The first-order chi connectivity index (χ1) is 13.3. The summed E-state index contributed by atoms with van der Waals surface area (Å²) in [6.45, 7) is -0.385. The van der Waals surface area contributed by atoms with Crippen LogP contribution in [0.5, 0.6) is 17.2 Å². The minimum absolute atomic E-state index is 0.0119. The van der Waals surface area contributed by atoms with E-state index in [1.807, 2.05) is 0 Å². The summed E-state index contributed by atoms with van der Waals surface area (Å²) >= 11 is 0. The van der Waals surface area contributed by atoms with Crippen LogP contribution in [0.15, 0.2) is 33.5 Å². The molecule has 9 nitrogen and oxygen atoms in total. The van der Waals surface area contributed by atoms with E-state index in [1.54, 1.807) is 0 Å². The Labute approximate surface area is 157 Å². The molecular formula is C19H18O9. The summed E-state index contributed by atoms with van der Waals surface area (Å²) < 4.78 is 11.1. The van der Waals surface area contributed by atoms with Gasteiger partial charge in [-0.05, 0) is 12.1 Å². The second-order valence-corrected chi connectivity index (χ2v) is 6.83. The normalized spacial score (nSPS) is 25.4. The van der Waals surface area contributed by atoms with Crippen LogP contribution in [0.4, 0.5) is 0 Å². The molecule has 0 aliphatic carbocycles. The predicted octanol–water partition coefficient (Wildman–Crippen LogP) is 0.607. The number of hydrogen-bond acceptors (Lipinski definition) is 9. The van der Waals surface area contributed by atoms with Crippen molar-refractivity contribution in [2.24, 2.45) is 0 Å². The quantitative estimate of drug-likeness (QED) is 0.272. The second-order valence-electron chi connectivity index (χ2n) is 6.83. The van der Waals surface area contributed by atoms with Crippen molar-refractivity contribution in [3.05, 3.63) is 40.1 Å². The van der Waals surface area contributed by atoms with Crippen LogP contribution in [-0.2, 0) is 4.74 Å². The van der Waals surface area contributed by atoms with Gasteiger partial charge in [-0.25, -0.2) is 0 Å². The Kier molecular flexibility index (Phi) is 4.39. The molecule has 1 fully saturated rings. The van der Waals surface area contributed by atoms with Crippen molar-refractivity contribution in [1.29, 1.82) is 0 Å². The Morgan fingerprint density at radius 1 is 0.929 bits per heavy atom. The van der Waals surface area contributed by atoms with Gasteiger partial charge in [0.15, 0.2) is 11.5 Å². The monoisotopic (exact) mass is 390 g/mol. The highest BCUT2D eigenvalue weighted by atomic mass is 16.5. The Morgan fingerprint density at radius 2 is 1.54 bits per heavy atom. The summed E-state index contributed by atoms with van der Waals surface area (Å²) in [6.07, 6.45) is -4.45. The molecule has 4 unspecified atom stereocenters. The number of aliphatic hydroxyl groups excluding tert-OH is 3. The zero-order chi connectivity index (χ0) is 20.2. The number of rotatable bonds is 2. The van der Waals surface area contributed by atoms with Crippen molar-refractivity contribution in [2.75, 3.05) is 6.61 Å². The summed E-state index contributed by atoms with van der Waals surface area (Å²) in [7, 11) is 0. The van der Waals surface area contributed by atoms with Crippen LogP contribution in [0.2, 0.25) is 0 Å². The van der Waals surface area contributed by atoms with Crippen molar-refractivity contribution in [2.45, 2.75) is 30.8 Å². The number of fused-ring (bicyclic) bond motifs is 2. The number of aliphatic hydroxyl groups is 3.